The third-order valence-corrected chi connectivity index (χ3v) is 4.76. The second-order valence-corrected chi connectivity index (χ2v) is 8.26. The van der Waals surface area contributed by atoms with E-state index in [2.05, 4.69) is 6.92 Å². The molecule has 7 heteroatoms. The van der Waals surface area contributed by atoms with Crippen LogP contribution in [0.4, 0.5) is 9.18 Å². The fourth-order valence-corrected chi connectivity index (χ4v) is 3.12. The van der Waals surface area contributed by atoms with Crippen molar-refractivity contribution in [2.75, 3.05) is 13.7 Å². The number of ether oxygens (including phenoxy) is 3. The van der Waals surface area contributed by atoms with Gasteiger partial charge in [-0.05, 0) is 63.8 Å². The molecule has 1 saturated heterocycles. The molecule has 0 bridgehead atoms. The van der Waals surface area contributed by atoms with Gasteiger partial charge < -0.3 is 14.2 Å². The van der Waals surface area contributed by atoms with Crippen molar-refractivity contribution in [3.8, 4) is 0 Å². The maximum absolute atomic E-state index is 13.8. The second-order valence-electron chi connectivity index (χ2n) is 8.26. The van der Waals surface area contributed by atoms with Gasteiger partial charge in [0.1, 0.15) is 17.5 Å². The Bertz CT molecular complexity index is 716. The summed E-state index contributed by atoms with van der Waals surface area (Å²) in [7, 11) is 1.56. The Labute approximate surface area is 172 Å². The summed E-state index contributed by atoms with van der Waals surface area (Å²) in [6.45, 7) is 7.93. The number of likely N-dealkylation sites (tertiary alicyclic amines) is 1. The minimum Gasteiger partial charge on any atom is -0.444 e. The highest BCUT2D eigenvalue weighted by Gasteiger charge is 2.40. The molecule has 29 heavy (non-hydrogen) atoms. The van der Waals surface area contributed by atoms with Crippen LogP contribution in [0.5, 0.6) is 0 Å². The Morgan fingerprint density at radius 1 is 1.31 bits per heavy atom. The summed E-state index contributed by atoms with van der Waals surface area (Å²) in [6, 6.07) is 3.40. The summed E-state index contributed by atoms with van der Waals surface area (Å²) in [5.41, 5.74) is 0.169. The van der Waals surface area contributed by atoms with Crippen LogP contribution in [0.1, 0.15) is 69.3 Å². The zero-order valence-corrected chi connectivity index (χ0v) is 18.0. The minimum absolute atomic E-state index is 0.0558. The molecule has 0 spiro atoms. The van der Waals surface area contributed by atoms with Crippen molar-refractivity contribution in [3.05, 3.63) is 35.1 Å². The average Bonchev–Trinajstić information content (AvgIpc) is 2.59. The van der Waals surface area contributed by atoms with E-state index in [9.17, 15) is 14.0 Å². The van der Waals surface area contributed by atoms with Crippen LogP contribution in [-0.4, -0.2) is 48.4 Å². The number of halogens is 1. The lowest BCUT2D eigenvalue weighted by molar-refractivity contribution is -0.135. The fourth-order valence-electron chi connectivity index (χ4n) is 3.12. The van der Waals surface area contributed by atoms with Crippen LogP contribution in [0, 0.1) is 5.82 Å². The number of carbonyl (C=O) groups is 2. The summed E-state index contributed by atoms with van der Waals surface area (Å²) in [5, 5.41) is 0. The van der Waals surface area contributed by atoms with Crippen molar-refractivity contribution in [1.29, 1.82) is 0 Å². The van der Waals surface area contributed by atoms with Crippen LogP contribution in [0.25, 0.3) is 0 Å². The van der Waals surface area contributed by atoms with Crippen LogP contribution in [0.15, 0.2) is 18.2 Å². The highest BCUT2D eigenvalue weighted by atomic mass is 19.1. The summed E-state index contributed by atoms with van der Waals surface area (Å²) < 4.78 is 30.3. The Hall–Kier alpha value is -1.99. The van der Waals surface area contributed by atoms with E-state index in [4.69, 9.17) is 14.2 Å². The molecule has 0 aromatic heterocycles. The first-order chi connectivity index (χ1) is 13.7. The molecule has 1 fully saturated rings. The SMILES string of the molecule is CCCCC(OC)OCc1cc(F)ccc1C(=O)C1CCN1C(=O)OC(C)(C)C. The summed E-state index contributed by atoms with van der Waals surface area (Å²) in [4.78, 5) is 26.8. The summed E-state index contributed by atoms with van der Waals surface area (Å²) >= 11 is 0. The lowest BCUT2D eigenvalue weighted by Gasteiger charge is -2.40. The molecule has 1 aromatic rings. The molecule has 2 unspecified atom stereocenters. The first-order valence-corrected chi connectivity index (χ1v) is 10.1. The summed E-state index contributed by atoms with van der Waals surface area (Å²) in [5.74, 6) is -0.677. The minimum atomic E-state index is -0.636. The normalized spacial score (nSPS) is 17.6. The number of methoxy groups -OCH3 is 1. The molecule has 162 valence electrons. The molecule has 6 nitrogen and oxygen atoms in total. The van der Waals surface area contributed by atoms with Crippen molar-refractivity contribution in [2.24, 2.45) is 0 Å². The topological polar surface area (TPSA) is 65.1 Å². The number of benzene rings is 1. The Balaban J connectivity index is 2.11. The molecule has 0 radical (unpaired) electrons. The molecule has 1 aromatic carbocycles. The first kappa shape index (κ1) is 23.3. The lowest BCUT2D eigenvalue weighted by Crippen LogP contribution is -2.56. The van der Waals surface area contributed by atoms with Gasteiger partial charge in [0.05, 0.1) is 6.61 Å². The number of nitrogens with zero attached hydrogens (tertiary/aromatic N) is 1. The zero-order chi connectivity index (χ0) is 21.6. The van der Waals surface area contributed by atoms with Gasteiger partial charge in [0.15, 0.2) is 12.1 Å². The second kappa shape index (κ2) is 10.2. The van der Waals surface area contributed by atoms with Crippen LogP contribution in [0.2, 0.25) is 0 Å². The number of hydrogen-bond donors (Lipinski definition) is 0. The Morgan fingerprint density at radius 2 is 2.03 bits per heavy atom. The van der Waals surface area contributed by atoms with Gasteiger partial charge in [-0.15, -0.1) is 0 Å². The van der Waals surface area contributed by atoms with Gasteiger partial charge in [0, 0.05) is 19.2 Å². The number of hydrogen-bond acceptors (Lipinski definition) is 5. The van der Waals surface area contributed by atoms with E-state index >= 15 is 0 Å². The molecule has 1 aliphatic heterocycles. The van der Waals surface area contributed by atoms with Gasteiger partial charge >= 0.3 is 6.09 Å². The van der Waals surface area contributed by atoms with E-state index in [1.165, 1.54) is 23.1 Å². The van der Waals surface area contributed by atoms with E-state index in [1.807, 2.05) is 0 Å². The smallest absolute Gasteiger partial charge is 0.410 e. The molecule has 0 N–H and O–H groups in total. The van der Waals surface area contributed by atoms with Crippen LogP contribution < -0.4 is 0 Å². The Morgan fingerprint density at radius 3 is 2.59 bits per heavy atom. The highest BCUT2D eigenvalue weighted by molar-refractivity contribution is 6.03. The molecule has 1 amide bonds. The zero-order valence-electron chi connectivity index (χ0n) is 18.0. The van der Waals surface area contributed by atoms with Gasteiger partial charge in [-0.2, -0.15) is 0 Å². The predicted molar refractivity (Wildman–Crippen MR) is 107 cm³/mol. The molecule has 1 heterocycles. The largest absolute Gasteiger partial charge is 0.444 e. The van der Waals surface area contributed by atoms with Crippen LogP contribution in [-0.2, 0) is 20.8 Å². The first-order valence-electron chi connectivity index (χ1n) is 10.1. The van der Waals surface area contributed by atoms with Gasteiger partial charge in [-0.25, -0.2) is 9.18 Å². The molecule has 0 saturated carbocycles. The van der Waals surface area contributed by atoms with Gasteiger partial charge in [-0.1, -0.05) is 13.3 Å². The quantitative estimate of drug-likeness (QED) is 0.437. The summed E-state index contributed by atoms with van der Waals surface area (Å²) in [6.07, 6.45) is 2.30. The van der Waals surface area contributed by atoms with Gasteiger partial charge in [0.2, 0.25) is 0 Å². The fraction of sp³-hybridized carbons (Fsp3) is 0.636. The molecule has 2 rings (SSSR count). The van der Waals surface area contributed by atoms with Crippen LogP contribution >= 0.6 is 0 Å². The van der Waals surface area contributed by atoms with E-state index < -0.39 is 29.8 Å². The Kier molecular flexibility index (Phi) is 8.16. The van der Waals surface area contributed by atoms with Crippen LogP contribution in [0.3, 0.4) is 0 Å². The van der Waals surface area contributed by atoms with Crippen molar-refractivity contribution in [3.63, 3.8) is 0 Å². The lowest BCUT2D eigenvalue weighted by atomic mass is 9.91. The van der Waals surface area contributed by atoms with Crippen molar-refractivity contribution in [1.82, 2.24) is 4.90 Å². The average molecular weight is 409 g/mol. The van der Waals surface area contributed by atoms with Crippen molar-refractivity contribution in [2.45, 2.75) is 77.9 Å². The van der Waals surface area contributed by atoms with Gasteiger partial charge in [0.25, 0.3) is 0 Å². The van der Waals surface area contributed by atoms with Crippen molar-refractivity contribution >= 4 is 11.9 Å². The van der Waals surface area contributed by atoms with E-state index in [1.54, 1.807) is 27.9 Å². The van der Waals surface area contributed by atoms with Gasteiger partial charge in [-0.3, -0.25) is 9.69 Å². The number of Topliss-reactive ketones (excluding diaryl/α,β-unsaturated/α-hetero) is 1. The number of unbranched alkanes of at least 4 members (excludes halogenated alkanes) is 1. The molecule has 1 aliphatic rings. The molecule has 0 aliphatic carbocycles. The highest BCUT2D eigenvalue weighted by Crippen LogP contribution is 2.26. The molecular formula is C22H32FNO5. The number of ketones is 1. The van der Waals surface area contributed by atoms with E-state index in [0.717, 1.165) is 19.3 Å². The third kappa shape index (κ3) is 6.51. The number of amides is 1. The molecule has 2 atom stereocenters. The van der Waals surface area contributed by atoms with Crippen molar-refractivity contribution < 1.29 is 28.2 Å². The maximum atomic E-state index is 13.8. The maximum Gasteiger partial charge on any atom is 0.410 e. The standard InChI is InChI=1S/C22H32FNO5/c1-6-7-8-19(27-5)28-14-15-13-16(23)9-10-17(15)20(25)18-11-12-24(18)21(26)29-22(2,3)4/h9-10,13,18-19H,6-8,11-12,14H2,1-5H3. The predicted octanol–water partition coefficient (Wildman–Crippen LogP) is 4.70. The number of rotatable bonds is 9. The molecular weight excluding hydrogens is 377 g/mol. The number of carbonyl (C=O) groups excluding carboxylic acids is 2. The van der Waals surface area contributed by atoms with E-state index in [-0.39, 0.29) is 12.4 Å². The van der Waals surface area contributed by atoms with E-state index in [0.29, 0.717) is 24.1 Å². The monoisotopic (exact) mass is 409 g/mol. The third-order valence-electron chi connectivity index (χ3n) is 4.76.